The van der Waals surface area contributed by atoms with Crippen LogP contribution in [0.5, 0.6) is 0 Å². The van der Waals surface area contributed by atoms with Gasteiger partial charge >= 0.3 is 12.1 Å². The van der Waals surface area contributed by atoms with Crippen LogP contribution in [0.2, 0.25) is 0 Å². The molecule has 0 saturated carbocycles. The van der Waals surface area contributed by atoms with Crippen molar-refractivity contribution in [1.82, 2.24) is 10.2 Å². The van der Waals surface area contributed by atoms with Crippen molar-refractivity contribution < 1.29 is 28.7 Å². The van der Waals surface area contributed by atoms with Gasteiger partial charge in [0.2, 0.25) is 5.91 Å². The largest absolute Gasteiger partial charge is 0.468 e. The Kier molecular flexibility index (Phi) is 4.63. The molecule has 2 rings (SSSR count). The molecule has 0 spiro atoms. The standard InChI is InChI=1S/C15H22N2O6/c1-15(2,3)23-14(21)17-6-5-8-9(7-17)16-12(19)10(11(8)18)13(20)22-4/h8-10H,5-7H2,1-4H3,(H,16,19). The average Bonchev–Trinajstić information content (AvgIpc) is 2.44. The van der Waals surface area contributed by atoms with E-state index in [1.165, 1.54) is 4.90 Å². The first kappa shape index (κ1) is 17.2. The topological polar surface area (TPSA) is 102 Å². The van der Waals surface area contributed by atoms with E-state index < -0.39 is 47.2 Å². The van der Waals surface area contributed by atoms with E-state index in [1.807, 2.05) is 0 Å². The highest BCUT2D eigenvalue weighted by atomic mass is 16.6. The molecule has 0 radical (unpaired) electrons. The number of nitrogens with zero attached hydrogens (tertiary/aromatic N) is 1. The molecule has 2 saturated heterocycles. The van der Waals surface area contributed by atoms with Crippen molar-refractivity contribution in [3.63, 3.8) is 0 Å². The highest BCUT2D eigenvalue weighted by Crippen LogP contribution is 2.27. The summed E-state index contributed by atoms with van der Waals surface area (Å²) < 4.78 is 9.82. The van der Waals surface area contributed by atoms with Crippen molar-refractivity contribution in [2.45, 2.75) is 38.8 Å². The van der Waals surface area contributed by atoms with Gasteiger partial charge in [-0.1, -0.05) is 0 Å². The van der Waals surface area contributed by atoms with Gasteiger partial charge in [0.25, 0.3) is 0 Å². The Morgan fingerprint density at radius 1 is 1.26 bits per heavy atom. The monoisotopic (exact) mass is 326 g/mol. The maximum absolute atomic E-state index is 12.4. The predicted octanol–water partition coefficient (Wildman–Crippen LogP) is 0.100. The molecule has 2 fully saturated rings. The smallest absolute Gasteiger partial charge is 0.410 e. The molecule has 2 aliphatic rings. The van der Waals surface area contributed by atoms with Gasteiger partial charge in [-0.25, -0.2) is 4.79 Å². The van der Waals surface area contributed by atoms with Crippen LogP contribution in [0.25, 0.3) is 0 Å². The highest BCUT2D eigenvalue weighted by Gasteiger charge is 2.49. The van der Waals surface area contributed by atoms with E-state index in [2.05, 4.69) is 10.1 Å². The van der Waals surface area contributed by atoms with Crippen molar-refractivity contribution in [3.05, 3.63) is 0 Å². The first-order valence-corrected chi connectivity index (χ1v) is 7.54. The van der Waals surface area contributed by atoms with Crippen LogP contribution < -0.4 is 5.32 Å². The fourth-order valence-corrected chi connectivity index (χ4v) is 2.88. The zero-order valence-electron chi connectivity index (χ0n) is 13.8. The number of rotatable bonds is 1. The van der Waals surface area contributed by atoms with E-state index >= 15 is 0 Å². The molecule has 2 amide bonds. The van der Waals surface area contributed by atoms with Crippen LogP contribution in [0.1, 0.15) is 27.2 Å². The van der Waals surface area contributed by atoms with E-state index in [4.69, 9.17) is 4.74 Å². The number of methoxy groups -OCH3 is 1. The summed E-state index contributed by atoms with van der Waals surface area (Å²) in [6.45, 7) is 5.83. The van der Waals surface area contributed by atoms with Crippen LogP contribution in [0.3, 0.4) is 0 Å². The molecule has 0 aromatic carbocycles. The second-order valence-corrected chi connectivity index (χ2v) is 6.80. The Labute approximate surface area is 134 Å². The number of hydrogen-bond donors (Lipinski definition) is 1. The van der Waals surface area contributed by atoms with Crippen molar-refractivity contribution in [2.24, 2.45) is 11.8 Å². The van der Waals surface area contributed by atoms with Crippen LogP contribution in [-0.4, -0.2) is 60.5 Å². The van der Waals surface area contributed by atoms with Gasteiger partial charge in [-0.2, -0.15) is 0 Å². The highest BCUT2D eigenvalue weighted by molar-refractivity contribution is 6.19. The van der Waals surface area contributed by atoms with Crippen molar-refractivity contribution in [1.29, 1.82) is 0 Å². The normalized spacial score (nSPS) is 27.8. The number of ketones is 1. The number of carbonyl (C=O) groups excluding carboxylic acids is 4. The number of ether oxygens (including phenoxy) is 2. The van der Waals surface area contributed by atoms with Gasteiger partial charge in [0, 0.05) is 19.0 Å². The summed E-state index contributed by atoms with van der Waals surface area (Å²) >= 11 is 0. The van der Waals surface area contributed by atoms with Crippen molar-refractivity contribution >= 4 is 23.8 Å². The van der Waals surface area contributed by atoms with Gasteiger partial charge in [-0.3, -0.25) is 14.4 Å². The fourth-order valence-electron chi connectivity index (χ4n) is 2.88. The molecule has 128 valence electrons. The molecule has 1 N–H and O–H groups in total. The molecular weight excluding hydrogens is 304 g/mol. The molecule has 2 heterocycles. The number of fused-ring (bicyclic) bond motifs is 1. The van der Waals surface area contributed by atoms with Gasteiger partial charge in [0.15, 0.2) is 11.7 Å². The quantitative estimate of drug-likeness (QED) is 0.542. The Bertz CT molecular complexity index is 539. The minimum atomic E-state index is -1.41. The first-order valence-electron chi connectivity index (χ1n) is 7.54. The van der Waals surface area contributed by atoms with E-state index in [0.717, 1.165) is 7.11 Å². The van der Waals surface area contributed by atoms with Gasteiger partial charge in [0.1, 0.15) is 5.60 Å². The minimum Gasteiger partial charge on any atom is -0.468 e. The van der Waals surface area contributed by atoms with Crippen molar-refractivity contribution in [2.75, 3.05) is 20.2 Å². The molecule has 3 atom stereocenters. The van der Waals surface area contributed by atoms with Crippen molar-refractivity contribution in [3.8, 4) is 0 Å². The maximum Gasteiger partial charge on any atom is 0.410 e. The lowest BCUT2D eigenvalue weighted by atomic mass is 9.78. The molecule has 8 heteroatoms. The lowest BCUT2D eigenvalue weighted by Crippen LogP contribution is -2.63. The number of nitrogens with one attached hydrogen (secondary N) is 1. The summed E-state index contributed by atoms with van der Waals surface area (Å²) in [7, 11) is 1.14. The Morgan fingerprint density at radius 2 is 1.91 bits per heavy atom. The zero-order chi connectivity index (χ0) is 17.4. The Morgan fingerprint density at radius 3 is 2.48 bits per heavy atom. The van der Waals surface area contributed by atoms with E-state index in [1.54, 1.807) is 20.8 Å². The summed E-state index contributed by atoms with van der Waals surface area (Å²) in [4.78, 5) is 49.6. The maximum atomic E-state index is 12.4. The lowest BCUT2D eigenvalue weighted by molar-refractivity contribution is -0.158. The van der Waals surface area contributed by atoms with Crippen LogP contribution in [-0.2, 0) is 23.9 Å². The first-order chi connectivity index (χ1) is 10.6. The number of likely N-dealkylation sites (tertiary alicyclic amines) is 1. The Hall–Kier alpha value is -2.12. The second kappa shape index (κ2) is 6.17. The number of hydrogen-bond acceptors (Lipinski definition) is 6. The lowest BCUT2D eigenvalue weighted by Gasteiger charge is -2.42. The molecule has 3 unspecified atom stereocenters. The molecule has 2 aliphatic heterocycles. The Balaban J connectivity index is 2.07. The van der Waals surface area contributed by atoms with Gasteiger partial charge in [-0.15, -0.1) is 0 Å². The molecule has 0 aromatic heterocycles. The summed E-state index contributed by atoms with van der Waals surface area (Å²) in [5.74, 6) is -3.85. The summed E-state index contributed by atoms with van der Waals surface area (Å²) in [6.07, 6.45) is -0.107. The number of carbonyl (C=O) groups is 4. The molecule has 0 aliphatic carbocycles. The zero-order valence-corrected chi connectivity index (χ0v) is 13.8. The van der Waals surface area contributed by atoms with Gasteiger partial charge in [-0.05, 0) is 27.2 Å². The summed E-state index contributed by atoms with van der Waals surface area (Å²) in [6, 6.07) is -0.503. The molecular formula is C15H22N2O6. The number of Topliss-reactive ketones (excluding diaryl/α,β-unsaturated/α-hetero) is 1. The third kappa shape index (κ3) is 3.62. The SMILES string of the molecule is COC(=O)C1C(=O)NC2CN(C(=O)OC(C)(C)C)CCC2C1=O. The van der Waals surface area contributed by atoms with E-state index in [-0.39, 0.29) is 6.54 Å². The second-order valence-electron chi connectivity index (χ2n) is 6.80. The minimum absolute atomic E-state index is 0.185. The van der Waals surface area contributed by atoms with Crippen LogP contribution in [0, 0.1) is 11.8 Å². The van der Waals surface area contributed by atoms with Crippen LogP contribution in [0.15, 0.2) is 0 Å². The fraction of sp³-hybridized carbons (Fsp3) is 0.733. The number of piperidine rings is 2. The van der Waals surface area contributed by atoms with Gasteiger partial charge < -0.3 is 19.7 Å². The van der Waals surface area contributed by atoms with E-state index in [0.29, 0.717) is 13.0 Å². The van der Waals surface area contributed by atoms with Crippen LogP contribution >= 0.6 is 0 Å². The third-order valence-corrected chi connectivity index (χ3v) is 3.94. The number of amides is 2. The van der Waals surface area contributed by atoms with E-state index in [9.17, 15) is 19.2 Å². The third-order valence-electron chi connectivity index (χ3n) is 3.94. The average molecular weight is 326 g/mol. The molecule has 8 nitrogen and oxygen atoms in total. The summed E-state index contributed by atoms with van der Waals surface area (Å²) in [5.41, 5.74) is -0.616. The van der Waals surface area contributed by atoms with Crippen LogP contribution in [0.4, 0.5) is 4.79 Å². The molecule has 0 aromatic rings. The summed E-state index contributed by atoms with van der Waals surface area (Å²) in [5, 5.41) is 2.65. The predicted molar refractivity (Wildman–Crippen MR) is 78.4 cm³/mol. The molecule has 0 bridgehead atoms. The number of esters is 1. The molecule has 23 heavy (non-hydrogen) atoms. The van der Waals surface area contributed by atoms with Gasteiger partial charge in [0.05, 0.1) is 13.2 Å².